The van der Waals surface area contributed by atoms with Gasteiger partial charge in [-0.15, -0.1) is 0 Å². The van der Waals surface area contributed by atoms with E-state index in [1.807, 2.05) is 17.6 Å². The molecule has 12 heteroatoms. The molecular weight excluding hydrogens is 696 g/mol. The van der Waals surface area contributed by atoms with Gasteiger partial charge in [0.25, 0.3) is 5.91 Å². The molecule has 2 aromatic carbocycles. The van der Waals surface area contributed by atoms with E-state index in [-0.39, 0.29) is 29.6 Å². The number of ether oxygens (including phenoxy) is 1. The fourth-order valence-corrected chi connectivity index (χ4v) is 9.74. The van der Waals surface area contributed by atoms with Crippen molar-refractivity contribution in [1.82, 2.24) is 29.7 Å². The standard InChI is InChI=1S/C43H53FN8O3/c1-5-45-41(53)32-21-36(34(44)17-27(32)4)48-40-39-37(46-25-51(39)26(2)3)22-35(47-40)28-9-10-33-38(18-28)52(30-19-29(20-30)49-13-7-6-8-14-49)42(54)43(33)11-15-50(16-12-43)31-23-55-24-31/h9-10,17-18,21-22,25-26,29-31H,5-8,11-16,19-20,23-24H2,1-4H3,(H,45,53)(H,47,48)/t29-,30+. The predicted molar refractivity (Wildman–Crippen MR) is 213 cm³/mol. The Kier molecular flexibility index (Phi) is 9.41. The topological polar surface area (TPSA) is 108 Å². The van der Waals surface area contributed by atoms with Gasteiger partial charge in [-0.25, -0.2) is 14.4 Å². The average molecular weight is 749 g/mol. The predicted octanol–water partition coefficient (Wildman–Crippen LogP) is 6.72. The minimum Gasteiger partial charge on any atom is -0.378 e. The van der Waals surface area contributed by atoms with Gasteiger partial charge < -0.3 is 29.7 Å². The monoisotopic (exact) mass is 748 g/mol. The first-order valence-corrected chi connectivity index (χ1v) is 20.4. The summed E-state index contributed by atoms with van der Waals surface area (Å²) in [6, 6.07) is 12.6. The van der Waals surface area contributed by atoms with Gasteiger partial charge in [0.05, 0.1) is 47.9 Å². The lowest BCUT2D eigenvalue weighted by atomic mass is 9.73. The Morgan fingerprint density at radius 1 is 0.982 bits per heavy atom. The van der Waals surface area contributed by atoms with Gasteiger partial charge in [0.2, 0.25) is 5.91 Å². The number of halogens is 1. The molecule has 4 aromatic rings. The van der Waals surface area contributed by atoms with Crippen LogP contribution in [0.4, 0.5) is 21.6 Å². The number of hydrogen-bond acceptors (Lipinski definition) is 8. The van der Waals surface area contributed by atoms with Crippen molar-refractivity contribution in [2.24, 2.45) is 0 Å². The summed E-state index contributed by atoms with van der Waals surface area (Å²) < 4.78 is 23.2. The lowest BCUT2D eigenvalue weighted by molar-refractivity contribution is -0.128. The van der Waals surface area contributed by atoms with Gasteiger partial charge >= 0.3 is 0 Å². The molecule has 3 saturated heterocycles. The van der Waals surface area contributed by atoms with Crippen LogP contribution < -0.4 is 15.5 Å². The van der Waals surface area contributed by atoms with Crippen molar-refractivity contribution in [2.45, 2.75) is 102 Å². The third kappa shape index (κ3) is 6.21. The highest BCUT2D eigenvalue weighted by atomic mass is 19.1. The number of carbonyl (C=O) groups excluding carboxylic acids is 2. The summed E-state index contributed by atoms with van der Waals surface area (Å²) in [6.07, 6.45) is 9.24. The molecule has 11 nitrogen and oxygen atoms in total. The second kappa shape index (κ2) is 14.3. The molecule has 1 saturated carbocycles. The van der Waals surface area contributed by atoms with Gasteiger partial charge in [0.15, 0.2) is 5.82 Å². The van der Waals surface area contributed by atoms with Gasteiger partial charge in [-0.05, 0) is 128 Å². The molecule has 55 heavy (non-hydrogen) atoms. The van der Waals surface area contributed by atoms with Crippen molar-refractivity contribution >= 4 is 40.0 Å². The number of imidazole rings is 1. The molecule has 9 rings (SSSR count). The first-order chi connectivity index (χ1) is 26.6. The van der Waals surface area contributed by atoms with Gasteiger partial charge in [-0.2, -0.15) is 0 Å². The van der Waals surface area contributed by atoms with Crippen LogP contribution in [-0.4, -0.2) is 100 Å². The number of pyridine rings is 1. The number of carbonyl (C=O) groups is 2. The van der Waals surface area contributed by atoms with E-state index < -0.39 is 11.2 Å². The lowest BCUT2D eigenvalue weighted by Crippen LogP contribution is -2.59. The van der Waals surface area contributed by atoms with Crippen LogP contribution in [0.2, 0.25) is 0 Å². The molecule has 1 aliphatic carbocycles. The number of fused-ring (bicyclic) bond motifs is 3. The Balaban J connectivity index is 1.10. The summed E-state index contributed by atoms with van der Waals surface area (Å²) in [4.78, 5) is 45.1. The molecule has 290 valence electrons. The van der Waals surface area contributed by atoms with E-state index in [1.165, 1.54) is 25.3 Å². The van der Waals surface area contributed by atoms with Crippen molar-refractivity contribution in [3.63, 3.8) is 0 Å². The highest BCUT2D eigenvalue weighted by molar-refractivity contribution is 6.09. The Bertz CT molecular complexity index is 2130. The highest BCUT2D eigenvalue weighted by Gasteiger charge is 2.56. The Morgan fingerprint density at radius 2 is 1.73 bits per heavy atom. The molecule has 4 aliphatic heterocycles. The molecule has 0 atom stereocenters. The third-order valence-corrected chi connectivity index (χ3v) is 13.1. The zero-order valence-corrected chi connectivity index (χ0v) is 32.5. The normalized spacial score (nSPS) is 22.9. The fraction of sp³-hybridized carbons (Fsp3) is 0.535. The number of piperidine rings is 2. The van der Waals surface area contributed by atoms with Gasteiger partial charge in [0, 0.05) is 41.5 Å². The molecule has 0 bridgehead atoms. The van der Waals surface area contributed by atoms with Crippen LogP contribution in [0.25, 0.3) is 22.3 Å². The highest BCUT2D eigenvalue weighted by Crippen LogP contribution is 2.52. The van der Waals surface area contributed by atoms with Crippen molar-refractivity contribution in [1.29, 1.82) is 0 Å². The van der Waals surface area contributed by atoms with Crippen LogP contribution in [0.1, 0.15) is 93.2 Å². The lowest BCUT2D eigenvalue weighted by Gasteiger charge is -2.48. The van der Waals surface area contributed by atoms with Crippen molar-refractivity contribution < 1.29 is 18.7 Å². The number of benzene rings is 2. The number of aromatic nitrogens is 3. The first kappa shape index (κ1) is 36.3. The summed E-state index contributed by atoms with van der Waals surface area (Å²) in [5, 5.41) is 6.10. The second-order valence-corrected chi connectivity index (χ2v) is 16.7. The third-order valence-electron chi connectivity index (χ3n) is 13.1. The number of hydrogen-bond donors (Lipinski definition) is 2. The molecule has 6 heterocycles. The van der Waals surface area contributed by atoms with Gasteiger partial charge in [-0.3, -0.25) is 14.5 Å². The molecule has 1 spiro atoms. The van der Waals surface area contributed by atoms with Crippen LogP contribution in [0.15, 0.2) is 42.7 Å². The average Bonchev–Trinajstić information content (AvgIpc) is 3.67. The van der Waals surface area contributed by atoms with Gasteiger partial charge in [0.1, 0.15) is 11.3 Å². The number of aryl methyl sites for hydroxylation is 1. The number of nitrogens with zero attached hydrogens (tertiary/aromatic N) is 6. The second-order valence-electron chi connectivity index (χ2n) is 16.7. The maximum Gasteiger partial charge on any atom is 0.251 e. The van der Waals surface area contributed by atoms with Crippen molar-refractivity contribution in [3.05, 3.63) is 65.2 Å². The SMILES string of the molecule is CCNC(=O)c1cc(Nc2nc(-c3ccc4c(c3)N([C@H]3C[C@@H](N5CCCCC5)C3)C(=O)C43CCN(C4COC4)CC3)cc3ncn(C(C)C)c23)c(F)cc1C. The zero-order valence-electron chi connectivity index (χ0n) is 32.5. The Morgan fingerprint density at radius 3 is 2.42 bits per heavy atom. The molecule has 0 unspecified atom stereocenters. The largest absolute Gasteiger partial charge is 0.378 e. The number of rotatable bonds is 9. The van der Waals surface area contributed by atoms with Crippen molar-refractivity contribution in [3.8, 4) is 11.3 Å². The molecule has 2 aromatic heterocycles. The number of nitrogens with one attached hydrogen (secondary N) is 2. The fourth-order valence-electron chi connectivity index (χ4n) is 9.74. The molecule has 5 aliphatic rings. The summed E-state index contributed by atoms with van der Waals surface area (Å²) >= 11 is 0. The summed E-state index contributed by atoms with van der Waals surface area (Å²) in [7, 11) is 0. The van der Waals surface area contributed by atoms with Crippen LogP contribution in [0.5, 0.6) is 0 Å². The minimum absolute atomic E-state index is 0.0715. The maximum atomic E-state index is 15.6. The molecular formula is C43H53FN8O3. The van der Waals surface area contributed by atoms with E-state index in [0.29, 0.717) is 41.3 Å². The van der Waals surface area contributed by atoms with Crippen LogP contribution in [0.3, 0.4) is 0 Å². The number of amides is 2. The smallest absolute Gasteiger partial charge is 0.251 e. The van der Waals surface area contributed by atoms with Gasteiger partial charge in [-0.1, -0.05) is 18.6 Å². The first-order valence-electron chi connectivity index (χ1n) is 20.4. The summed E-state index contributed by atoms with van der Waals surface area (Å²) in [5.74, 6) is -0.0271. The number of likely N-dealkylation sites (tertiary alicyclic amines) is 2. The van der Waals surface area contributed by atoms with E-state index in [4.69, 9.17) is 14.7 Å². The van der Waals surface area contributed by atoms with E-state index in [1.54, 1.807) is 19.3 Å². The minimum atomic E-state index is -0.532. The van der Waals surface area contributed by atoms with E-state index in [0.717, 1.165) is 92.9 Å². The van der Waals surface area contributed by atoms with E-state index >= 15 is 4.39 Å². The van der Waals surface area contributed by atoms with E-state index in [9.17, 15) is 9.59 Å². The Hall–Kier alpha value is -4.39. The van der Waals surface area contributed by atoms with Crippen molar-refractivity contribution in [2.75, 3.05) is 56.2 Å². The van der Waals surface area contributed by atoms with Crippen LogP contribution in [0, 0.1) is 12.7 Å². The molecule has 4 fully saturated rings. The van der Waals surface area contributed by atoms with Crippen LogP contribution >= 0.6 is 0 Å². The molecule has 2 amide bonds. The molecule has 0 radical (unpaired) electrons. The summed E-state index contributed by atoms with van der Waals surface area (Å²) in [6.45, 7) is 13.9. The maximum absolute atomic E-state index is 15.6. The zero-order chi connectivity index (χ0) is 38.0. The van der Waals surface area contributed by atoms with Crippen LogP contribution in [-0.2, 0) is 14.9 Å². The van der Waals surface area contributed by atoms with E-state index in [2.05, 4.69) is 57.4 Å². The Labute approximate surface area is 322 Å². The summed E-state index contributed by atoms with van der Waals surface area (Å²) in [5.41, 5.74) is 5.75. The quantitative estimate of drug-likeness (QED) is 0.195. The molecule has 2 N–H and O–H groups in total. The number of anilines is 3.